The summed E-state index contributed by atoms with van der Waals surface area (Å²) in [5, 5.41) is 26.0. The summed E-state index contributed by atoms with van der Waals surface area (Å²) in [4.78, 5) is 14.5. The maximum Gasteiger partial charge on any atom is 0.332 e. The number of aliphatic hydroxyl groups is 1. The Morgan fingerprint density at radius 2 is 2.05 bits per heavy atom. The van der Waals surface area contributed by atoms with E-state index >= 15 is 0 Å². The molecule has 7 nitrogen and oxygen atoms in total. The molecule has 2 N–H and O–H groups in total. The third-order valence-corrected chi connectivity index (χ3v) is 2.79. The van der Waals surface area contributed by atoms with Gasteiger partial charge in [0.05, 0.1) is 0 Å². The summed E-state index contributed by atoms with van der Waals surface area (Å²) in [6, 6.07) is 3.60. The number of rotatable bonds is 5. The van der Waals surface area contributed by atoms with E-state index in [1.807, 2.05) is 0 Å². The van der Waals surface area contributed by atoms with E-state index in [0.717, 1.165) is 5.56 Å². The van der Waals surface area contributed by atoms with Crippen LogP contribution in [-0.2, 0) is 11.3 Å². The third kappa shape index (κ3) is 2.94. The van der Waals surface area contributed by atoms with E-state index < -0.39 is 12.1 Å². The molecule has 0 aromatic carbocycles. The molecule has 0 saturated heterocycles. The molecule has 0 aliphatic carbocycles. The quantitative estimate of drug-likeness (QED) is 0.813. The van der Waals surface area contributed by atoms with Gasteiger partial charge in [-0.05, 0) is 19.1 Å². The maximum atomic E-state index is 10.6. The van der Waals surface area contributed by atoms with Crippen LogP contribution in [0.5, 0.6) is 0 Å². The Morgan fingerprint density at radius 3 is 2.68 bits per heavy atom. The zero-order valence-corrected chi connectivity index (χ0v) is 10.4. The molecule has 2 aromatic rings. The highest BCUT2D eigenvalue weighted by molar-refractivity contribution is 5.71. The Labute approximate surface area is 109 Å². The van der Waals surface area contributed by atoms with Crippen molar-refractivity contribution in [3.63, 3.8) is 0 Å². The summed E-state index contributed by atoms with van der Waals surface area (Å²) in [6.07, 6.45) is 2.02. The lowest BCUT2D eigenvalue weighted by molar-refractivity contribution is -0.147. The second-order valence-electron chi connectivity index (χ2n) is 4.10. The molecular weight excluding hydrogens is 248 g/mol. The highest BCUT2D eigenvalue weighted by atomic mass is 16.4. The number of nitrogens with zero attached hydrogens (tertiary/aromatic N) is 4. The summed E-state index contributed by atoms with van der Waals surface area (Å²) in [5.74, 6) is 0.0816. The van der Waals surface area contributed by atoms with Crippen LogP contribution in [0.3, 0.4) is 0 Å². The molecule has 2 aromatic heterocycles. The van der Waals surface area contributed by atoms with Gasteiger partial charge in [0.25, 0.3) is 0 Å². The van der Waals surface area contributed by atoms with Crippen molar-refractivity contribution in [3.05, 3.63) is 30.4 Å². The van der Waals surface area contributed by atoms with Crippen molar-refractivity contribution in [1.82, 2.24) is 19.7 Å². The lowest BCUT2D eigenvalue weighted by atomic mass is 10.2. The monoisotopic (exact) mass is 262 g/mol. The Balaban J connectivity index is 2.21. The fourth-order valence-electron chi connectivity index (χ4n) is 1.74. The summed E-state index contributed by atoms with van der Waals surface area (Å²) in [6.45, 7) is 2.12. The first kappa shape index (κ1) is 13.2. The molecule has 2 rings (SSSR count). The van der Waals surface area contributed by atoms with Crippen molar-refractivity contribution >= 4 is 5.97 Å². The van der Waals surface area contributed by atoms with Gasteiger partial charge in [-0.2, -0.15) is 0 Å². The molecule has 0 spiro atoms. The highest BCUT2D eigenvalue weighted by Crippen LogP contribution is 2.17. The topological polar surface area (TPSA) is 101 Å². The van der Waals surface area contributed by atoms with Crippen LogP contribution in [0.1, 0.15) is 12.2 Å². The van der Waals surface area contributed by atoms with Crippen LogP contribution in [0, 0.1) is 6.92 Å². The molecule has 19 heavy (non-hydrogen) atoms. The number of pyridine rings is 1. The lowest BCUT2D eigenvalue weighted by Crippen LogP contribution is -2.21. The molecular formula is C12H14N4O3. The first-order valence-electron chi connectivity index (χ1n) is 5.80. The summed E-state index contributed by atoms with van der Waals surface area (Å²) >= 11 is 0. The van der Waals surface area contributed by atoms with Crippen LogP contribution in [0.2, 0.25) is 0 Å². The largest absolute Gasteiger partial charge is 0.479 e. The van der Waals surface area contributed by atoms with Crippen LogP contribution in [-0.4, -0.2) is 42.0 Å². The molecule has 1 atom stereocenters. The zero-order valence-electron chi connectivity index (χ0n) is 10.4. The average molecular weight is 262 g/mol. The normalized spacial score (nSPS) is 12.3. The summed E-state index contributed by atoms with van der Waals surface area (Å²) < 4.78 is 1.78. The summed E-state index contributed by atoms with van der Waals surface area (Å²) in [7, 11) is 0. The van der Waals surface area contributed by atoms with Crippen molar-refractivity contribution in [2.24, 2.45) is 0 Å². The van der Waals surface area contributed by atoms with Gasteiger partial charge in [-0.3, -0.25) is 4.98 Å². The smallest absolute Gasteiger partial charge is 0.332 e. The van der Waals surface area contributed by atoms with E-state index in [2.05, 4.69) is 15.2 Å². The van der Waals surface area contributed by atoms with E-state index in [1.54, 1.807) is 36.0 Å². The second kappa shape index (κ2) is 5.57. The Hall–Kier alpha value is -2.28. The fraction of sp³-hybridized carbons (Fsp3) is 0.333. The number of carboxylic acids is 1. The molecule has 0 saturated carbocycles. The summed E-state index contributed by atoms with van der Waals surface area (Å²) in [5.41, 5.74) is 0.848. The van der Waals surface area contributed by atoms with E-state index in [9.17, 15) is 9.90 Å². The van der Waals surface area contributed by atoms with Crippen LogP contribution in [0.4, 0.5) is 0 Å². The molecule has 0 radical (unpaired) electrons. The van der Waals surface area contributed by atoms with E-state index in [1.165, 1.54) is 0 Å². The van der Waals surface area contributed by atoms with Gasteiger partial charge >= 0.3 is 5.97 Å². The number of carboxylic acid groups (broad SMARTS) is 1. The predicted octanol–water partition coefficient (Wildman–Crippen LogP) is 0.484. The lowest BCUT2D eigenvalue weighted by Gasteiger charge is -2.10. The molecule has 0 amide bonds. The standard InChI is InChI=1S/C12H14N4O3/c1-8-14-15-11(9-2-5-13-6-3-9)16(8)7-4-10(17)12(18)19/h2-3,5-6,10,17H,4,7H2,1H3,(H,18,19). The minimum atomic E-state index is -1.38. The van der Waals surface area contributed by atoms with E-state index in [0.29, 0.717) is 18.2 Å². The van der Waals surface area contributed by atoms with Gasteiger partial charge in [0, 0.05) is 30.9 Å². The van der Waals surface area contributed by atoms with Crippen LogP contribution >= 0.6 is 0 Å². The minimum Gasteiger partial charge on any atom is -0.479 e. The number of aryl methyl sites for hydroxylation is 1. The van der Waals surface area contributed by atoms with Crippen molar-refractivity contribution in [3.8, 4) is 11.4 Å². The van der Waals surface area contributed by atoms with E-state index in [-0.39, 0.29) is 6.42 Å². The molecule has 0 aliphatic heterocycles. The molecule has 7 heteroatoms. The maximum absolute atomic E-state index is 10.6. The van der Waals surface area contributed by atoms with Gasteiger partial charge < -0.3 is 14.8 Å². The molecule has 100 valence electrons. The Morgan fingerprint density at radius 1 is 1.37 bits per heavy atom. The highest BCUT2D eigenvalue weighted by Gasteiger charge is 2.16. The molecule has 2 heterocycles. The zero-order chi connectivity index (χ0) is 13.8. The van der Waals surface area contributed by atoms with Crippen LogP contribution < -0.4 is 0 Å². The molecule has 0 fully saturated rings. The van der Waals surface area contributed by atoms with E-state index in [4.69, 9.17) is 5.11 Å². The SMILES string of the molecule is Cc1nnc(-c2ccncc2)n1CCC(O)C(=O)O. The molecule has 0 aliphatic rings. The van der Waals surface area contributed by atoms with Crippen molar-refractivity contribution in [1.29, 1.82) is 0 Å². The third-order valence-electron chi connectivity index (χ3n) is 2.79. The first-order valence-corrected chi connectivity index (χ1v) is 5.80. The minimum absolute atomic E-state index is 0.103. The Kier molecular flexibility index (Phi) is 3.86. The van der Waals surface area contributed by atoms with Crippen molar-refractivity contribution in [2.45, 2.75) is 26.0 Å². The number of aliphatic hydroxyl groups excluding tert-OH is 1. The molecule has 0 bridgehead atoms. The van der Waals surface area contributed by atoms with Gasteiger partial charge in [-0.15, -0.1) is 10.2 Å². The van der Waals surface area contributed by atoms with Gasteiger partial charge in [-0.1, -0.05) is 0 Å². The second-order valence-corrected chi connectivity index (χ2v) is 4.10. The van der Waals surface area contributed by atoms with Crippen LogP contribution in [0.25, 0.3) is 11.4 Å². The number of hydrogen-bond donors (Lipinski definition) is 2. The predicted molar refractivity (Wildman–Crippen MR) is 66.2 cm³/mol. The average Bonchev–Trinajstić information content (AvgIpc) is 2.78. The first-order chi connectivity index (χ1) is 9.09. The Bertz CT molecular complexity index is 568. The number of aliphatic carboxylic acids is 1. The van der Waals surface area contributed by atoms with Gasteiger partial charge in [0.1, 0.15) is 5.82 Å². The van der Waals surface area contributed by atoms with Gasteiger partial charge in [-0.25, -0.2) is 4.79 Å². The number of carbonyl (C=O) groups is 1. The fourth-order valence-corrected chi connectivity index (χ4v) is 1.74. The van der Waals surface area contributed by atoms with Crippen molar-refractivity contribution in [2.75, 3.05) is 0 Å². The van der Waals surface area contributed by atoms with Crippen molar-refractivity contribution < 1.29 is 15.0 Å². The molecule has 1 unspecified atom stereocenters. The number of aromatic nitrogens is 4. The van der Waals surface area contributed by atoms with Crippen LogP contribution in [0.15, 0.2) is 24.5 Å². The van der Waals surface area contributed by atoms with Gasteiger partial charge in [0.2, 0.25) is 0 Å². The van der Waals surface area contributed by atoms with Gasteiger partial charge in [0.15, 0.2) is 11.9 Å². The number of hydrogen-bond acceptors (Lipinski definition) is 5.